The molecule has 0 aliphatic rings. The van der Waals surface area contributed by atoms with E-state index in [0.29, 0.717) is 0 Å². The van der Waals surface area contributed by atoms with E-state index in [0.717, 1.165) is 17.2 Å². The van der Waals surface area contributed by atoms with Crippen molar-refractivity contribution < 1.29 is 47.7 Å². The van der Waals surface area contributed by atoms with E-state index in [9.17, 15) is 43.2 Å². The van der Waals surface area contributed by atoms with Crippen molar-refractivity contribution in [1.29, 1.82) is 0 Å². The Balaban J connectivity index is 0.000000337. The summed E-state index contributed by atoms with van der Waals surface area (Å²) in [6.45, 7) is 8.03. The fourth-order valence-corrected chi connectivity index (χ4v) is 3.90. The van der Waals surface area contributed by atoms with E-state index in [1.807, 2.05) is 6.08 Å². The first kappa shape index (κ1) is 28.6. The van der Waals surface area contributed by atoms with Crippen LogP contribution in [-0.4, -0.2) is 32.4 Å². The largest absolute Gasteiger partial charge is 0.480 e. The maximum absolute atomic E-state index is 11.4. The molecule has 0 unspecified atom stereocenters. The predicted molar refractivity (Wildman–Crippen MR) is 108 cm³/mol. The molecule has 15 heteroatoms. The Morgan fingerprint density at radius 2 is 1.52 bits per heavy atom. The molecule has 0 aliphatic heterocycles. The van der Waals surface area contributed by atoms with E-state index < -0.39 is 31.1 Å². The Kier molecular flexibility index (Phi) is 9.68. The summed E-state index contributed by atoms with van der Waals surface area (Å²) >= 11 is 0. The van der Waals surface area contributed by atoms with Gasteiger partial charge in [0.15, 0.2) is 20.0 Å². The highest BCUT2D eigenvalue weighted by Crippen LogP contribution is 2.36. The second-order valence-electron chi connectivity index (χ2n) is 6.54. The molecule has 0 saturated heterocycles. The number of nitrogens with zero attached hydrogens (tertiary/aromatic N) is 3. The van der Waals surface area contributed by atoms with Crippen molar-refractivity contribution >= 4 is 26.1 Å². The Labute approximate surface area is 187 Å². The lowest BCUT2D eigenvalue weighted by atomic mass is 10.1. The molecule has 2 aromatic rings. The molecular weight excluding hydrogens is 500 g/mol. The lowest BCUT2D eigenvalue weighted by Gasteiger charge is -2.22. The molecule has 0 saturated carbocycles. The standard InChI is InChI=1S/C16H21N2.C2F6NO4S2/c1-3-5-10-17-11-12-18(14-17)13-16-8-6-15(4-2)7-9-16;3-1(4,5)14(10,11)9-15(12,13)2(6,7)8/h4,6-9,11-12,14H,2-3,5,10,13H2,1H3;/q+1;-1. The highest BCUT2D eigenvalue weighted by atomic mass is 32.3. The molecule has 0 bridgehead atoms. The van der Waals surface area contributed by atoms with Crippen LogP contribution in [0.15, 0.2) is 49.6 Å². The number of halogens is 6. The molecule has 0 radical (unpaired) electrons. The molecule has 33 heavy (non-hydrogen) atoms. The third-order valence-electron chi connectivity index (χ3n) is 3.88. The molecule has 0 atom stereocenters. The third-order valence-corrected chi connectivity index (χ3v) is 6.62. The van der Waals surface area contributed by atoms with E-state index in [1.165, 1.54) is 24.0 Å². The first-order valence-corrected chi connectivity index (χ1v) is 12.0. The van der Waals surface area contributed by atoms with E-state index in [-0.39, 0.29) is 0 Å². The highest BCUT2D eigenvalue weighted by Gasteiger charge is 2.46. The maximum atomic E-state index is 11.4. The summed E-state index contributed by atoms with van der Waals surface area (Å²) in [5.41, 5.74) is -9.92. The SMILES string of the molecule is C=Cc1ccc(Cn2cc[n+](CCCC)c2)cc1.O=S(=O)([N-]S(=O)(=O)C(F)(F)F)C(F)(F)F. The molecular formula is C18H21F6N3O4S2. The lowest BCUT2D eigenvalue weighted by Crippen LogP contribution is -2.30. The molecule has 2 rings (SSSR count). The summed E-state index contributed by atoms with van der Waals surface area (Å²) < 4.78 is 114. The average molecular weight is 522 g/mol. The molecule has 1 aromatic heterocycles. The van der Waals surface area contributed by atoms with E-state index in [4.69, 9.17) is 0 Å². The number of hydrogen-bond donors (Lipinski definition) is 0. The number of imidazole rings is 1. The number of unbranched alkanes of at least 4 members (excludes halogenated alkanes) is 1. The minimum atomic E-state index is -6.72. The van der Waals surface area contributed by atoms with Crippen LogP contribution in [0.3, 0.4) is 0 Å². The van der Waals surface area contributed by atoms with Gasteiger partial charge >= 0.3 is 11.0 Å². The van der Waals surface area contributed by atoms with Gasteiger partial charge in [-0.1, -0.05) is 50.3 Å². The fourth-order valence-electron chi connectivity index (χ4n) is 2.19. The zero-order chi connectivity index (χ0) is 25.5. The van der Waals surface area contributed by atoms with E-state index >= 15 is 0 Å². The van der Waals surface area contributed by atoms with Crippen LogP contribution in [0.2, 0.25) is 0 Å². The summed E-state index contributed by atoms with van der Waals surface area (Å²) in [4.78, 5) is 0. The summed E-state index contributed by atoms with van der Waals surface area (Å²) in [7, 11) is -13.4. The quantitative estimate of drug-likeness (QED) is 0.382. The zero-order valence-electron chi connectivity index (χ0n) is 17.2. The van der Waals surface area contributed by atoms with Crippen LogP contribution in [0, 0.1) is 0 Å². The Bertz CT molecular complexity index is 1080. The van der Waals surface area contributed by atoms with Gasteiger partial charge in [0.1, 0.15) is 18.9 Å². The van der Waals surface area contributed by atoms with Crippen LogP contribution in [0.5, 0.6) is 0 Å². The summed E-state index contributed by atoms with van der Waals surface area (Å²) in [5, 5.41) is 0. The van der Waals surface area contributed by atoms with Gasteiger partial charge in [0, 0.05) is 0 Å². The van der Waals surface area contributed by atoms with Gasteiger partial charge in [-0.25, -0.2) is 26.0 Å². The van der Waals surface area contributed by atoms with Crippen molar-refractivity contribution in [1.82, 2.24) is 4.57 Å². The minimum absolute atomic E-state index is 0.778. The van der Waals surface area contributed by atoms with Crippen LogP contribution in [0.4, 0.5) is 26.3 Å². The molecule has 0 fully saturated rings. The Morgan fingerprint density at radius 1 is 1.00 bits per heavy atom. The van der Waals surface area contributed by atoms with Crippen LogP contribution in [-0.2, 0) is 33.1 Å². The number of sulfonamides is 2. The normalized spacial score (nSPS) is 12.7. The van der Waals surface area contributed by atoms with Crippen molar-refractivity contribution in [2.75, 3.05) is 0 Å². The number of benzene rings is 1. The van der Waals surface area contributed by atoms with Gasteiger partial charge in [0.05, 0.1) is 6.54 Å². The smallest absolute Gasteiger partial charge is 0.421 e. The van der Waals surface area contributed by atoms with Crippen molar-refractivity contribution in [3.8, 4) is 0 Å². The first-order valence-electron chi connectivity index (χ1n) is 9.15. The summed E-state index contributed by atoms with van der Waals surface area (Å²) in [6.07, 6.45) is 10.8. The number of aromatic nitrogens is 2. The molecule has 0 amide bonds. The van der Waals surface area contributed by atoms with Gasteiger partial charge in [-0.05, 0) is 17.5 Å². The Hall–Kier alpha value is -2.39. The van der Waals surface area contributed by atoms with Crippen molar-refractivity contribution in [2.45, 2.75) is 43.9 Å². The maximum Gasteiger partial charge on any atom is 0.480 e. The monoisotopic (exact) mass is 521 g/mol. The molecule has 0 N–H and O–H groups in total. The molecule has 1 aromatic carbocycles. The topological polar surface area (TPSA) is 91.2 Å². The molecule has 0 aliphatic carbocycles. The van der Waals surface area contributed by atoms with Gasteiger partial charge in [-0.15, -0.1) is 0 Å². The highest BCUT2D eigenvalue weighted by molar-refractivity contribution is 8.13. The van der Waals surface area contributed by atoms with Crippen LogP contribution in [0.25, 0.3) is 10.2 Å². The van der Waals surface area contributed by atoms with Gasteiger partial charge in [-0.3, -0.25) is 0 Å². The fraction of sp³-hybridized carbons (Fsp3) is 0.389. The van der Waals surface area contributed by atoms with Gasteiger partial charge < -0.3 is 4.13 Å². The zero-order valence-corrected chi connectivity index (χ0v) is 18.8. The summed E-state index contributed by atoms with van der Waals surface area (Å²) in [5.74, 6) is 0. The lowest BCUT2D eigenvalue weighted by molar-refractivity contribution is -0.696. The number of alkyl halides is 6. The second kappa shape index (κ2) is 11.2. The van der Waals surface area contributed by atoms with Crippen LogP contribution in [0.1, 0.15) is 30.9 Å². The van der Waals surface area contributed by atoms with Crippen molar-refractivity contribution in [2.24, 2.45) is 0 Å². The van der Waals surface area contributed by atoms with Gasteiger partial charge in [0.2, 0.25) is 6.33 Å². The van der Waals surface area contributed by atoms with Crippen molar-refractivity contribution in [3.63, 3.8) is 0 Å². The molecule has 186 valence electrons. The third kappa shape index (κ3) is 8.81. The molecule has 1 heterocycles. The summed E-state index contributed by atoms with van der Waals surface area (Å²) in [6, 6.07) is 8.54. The first-order chi connectivity index (χ1) is 15.0. The second-order valence-corrected chi connectivity index (χ2v) is 9.96. The average Bonchev–Trinajstić information content (AvgIpc) is 3.12. The Morgan fingerprint density at radius 3 is 1.94 bits per heavy atom. The predicted octanol–water partition coefficient (Wildman–Crippen LogP) is 4.33. The van der Waals surface area contributed by atoms with Crippen LogP contribution < -0.4 is 4.57 Å². The number of aryl methyl sites for hydroxylation is 1. The molecule has 7 nitrogen and oxygen atoms in total. The number of rotatable bonds is 8. The van der Waals surface area contributed by atoms with Gasteiger partial charge in [0.25, 0.3) is 0 Å². The van der Waals surface area contributed by atoms with Crippen molar-refractivity contribution in [3.05, 3.63) is 64.8 Å². The number of hydrogen-bond acceptors (Lipinski definition) is 4. The van der Waals surface area contributed by atoms with E-state index in [1.54, 1.807) is 0 Å². The van der Waals surface area contributed by atoms with E-state index in [2.05, 4.69) is 65.6 Å². The molecule has 0 spiro atoms. The van der Waals surface area contributed by atoms with Gasteiger partial charge in [-0.2, -0.15) is 26.3 Å². The van der Waals surface area contributed by atoms with Crippen LogP contribution >= 0.6 is 0 Å². The minimum Gasteiger partial charge on any atom is -0.421 e.